The van der Waals surface area contributed by atoms with Crippen LogP contribution in [0.2, 0.25) is 0 Å². The molecule has 0 radical (unpaired) electrons. The SMILES string of the molecule is O=C(Nc1cccc(SC(F)F)c1)N1C[C@@H]2CCC[C@@]2(C(=O)O)C1. The molecule has 1 aromatic rings. The predicted molar refractivity (Wildman–Crippen MR) is 86.3 cm³/mol. The van der Waals surface area contributed by atoms with Gasteiger partial charge in [0.1, 0.15) is 0 Å². The highest BCUT2D eigenvalue weighted by Gasteiger charge is 2.55. The van der Waals surface area contributed by atoms with Crippen LogP contribution >= 0.6 is 11.8 Å². The van der Waals surface area contributed by atoms with Crippen LogP contribution in [0.3, 0.4) is 0 Å². The highest BCUT2D eigenvalue weighted by atomic mass is 32.2. The second-order valence-corrected chi connectivity index (χ2v) is 7.33. The number of carboxylic acids is 1. The van der Waals surface area contributed by atoms with E-state index in [2.05, 4.69) is 5.32 Å². The lowest BCUT2D eigenvalue weighted by atomic mass is 9.81. The number of nitrogens with one attached hydrogen (secondary N) is 1. The summed E-state index contributed by atoms with van der Waals surface area (Å²) in [6.45, 7) is 0.619. The van der Waals surface area contributed by atoms with E-state index in [0.717, 1.165) is 12.8 Å². The van der Waals surface area contributed by atoms with Crippen LogP contribution in [-0.4, -0.2) is 40.9 Å². The molecule has 2 amide bonds. The maximum Gasteiger partial charge on any atom is 0.321 e. The highest BCUT2D eigenvalue weighted by molar-refractivity contribution is 7.99. The number of benzene rings is 1. The highest BCUT2D eigenvalue weighted by Crippen LogP contribution is 2.48. The number of anilines is 1. The Labute approximate surface area is 142 Å². The molecule has 1 saturated carbocycles. The molecule has 2 atom stereocenters. The Morgan fingerprint density at radius 3 is 2.88 bits per heavy atom. The van der Waals surface area contributed by atoms with E-state index in [1.165, 1.54) is 11.0 Å². The van der Waals surface area contributed by atoms with Crippen molar-refractivity contribution in [2.24, 2.45) is 11.3 Å². The quantitative estimate of drug-likeness (QED) is 0.807. The first kappa shape index (κ1) is 17.0. The zero-order chi connectivity index (χ0) is 17.3. The summed E-state index contributed by atoms with van der Waals surface area (Å²) in [6.07, 6.45) is 2.28. The Morgan fingerprint density at radius 2 is 2.21 bits per heavy atom. The second-order valence-electron chi connectivity index (χ2n) is 6.27. The van der Waals surface area contributed by atoms with Gasteiger partial charge in [-0.3, -0.25) is 4.79 Å². The monoisotopic (exact) mass is 356 g/mol. The van der Waals surface area contributed by atoms with Crippen molar-refractivity contribution in [3.63, 3.8) is 0 Å². The Bertz CT molecular complexity index is 658. The number of fused-ring (bicyclic) bond motifs is 1. The minimum Gasteiger partial charge on any atom is -0.481 e. The van der Waals surface area contributed by atoms with Gasteiger partial charge >= 0.3 is 12.0 Å². The molecule has 1 aromatic carbocycles. The fraction of sp³-hybridized carbons (Fsp3) is 0.500. The molecular weight excluding hydrogens is 338 g/mol. The maximum absolute atomic E-state index is 12.4. The molecule has 0 bridgehead atoms. The van der Waals surface area contributed by atoms with Crippen LogP contribution in [0.25, 0.3) is 0 Å². The molecule has 0 spiro atoms. The lowest BCUT2D eigenvalue weighted by Crippen LogP contribution is -2.38. The summed E-state index contributed by atoms with van der Waals surface area (Å²) in [4.78, 5) is 25.9. The second kappa shape index (κ2) is 6.58. The molecule has 1 heterocycles. The zero-order valence-electron chi connectivity index (χ0n) is 12.9. The van der Waals surface area contributed by atoms with Gasteiger partial charge in [-0.05, 0) is 37.0 Å². The fourth-order valence-electron chi connectivity index (χ4n) is 3.75. The van der Waals surface area contributed by atoms with E-state index in [1.54, 1.807) is 18.2 Å². The lowest BCUT2D eigenvalue weighted by molar-refractivity contribution is -0.149. The van der Waals surface area contributed by atoms with E-state index in [0.29, 0.717) is 35.3 Å². The number of urea groups is 1. The first-order valence-electron chi connectivity index (χ1n) is 7.75. The van der Waals surface area contributed by atoms with Crippen molar-refractivity contribution in [2.75, 3.05) is 18.4 Å². The minimum atomic E-state index is -2.52. The minimum absolute atomic E-state index is 0.0125. The number of likely N-dealkylation sites (tertiary alicyclic amines) is 1. The summed E-state index contributed by atoms with van der Waals surface area (Å²) in [5.41, 5.74) is -0.405. The van der Waals surface area contributed by atoms with Gasteiger partial charge in [0.05, 0.1) is 5.41 Å². The molecule has 3 rings (SSSR count). The van der Waals surface area contributed by atoms with Crippen LogP contribution in [0.4, 0.5) is 19.3 Å². The van der Waals surface area contributed by atoms with Crippen molar-refractivity contribution in [3.05, 3.63) is 24.3 Å². The number of aliphatic carboxylic acids is 1. The third kappa shape index (κ3) is 3.19. The summed E-state index contributed by atoms with van der Waals surface area (Å²) < 4.78 is 24.8. The molecule has 8 heteroatoms. The third-order valence-electron chi connectivity index (χ3n) is 4.89. The normalized spacial score (nSPS) is 25.8. The van der Waals surface area contributed by atoms with Gasteiger partial charge in [-0.2, -0.15) is 8.78 Å². The largest absolute Gasteiger partial charge is 0.481 e. The summed E-state index contributed by atoms with van der Waals surface area (Å²) in [5.74, 6) is -3.37. The molecule has 24 heavy (non-hydrogen) atoms. The van der Waals surface area contributed by atoms with Gasteiger partial charge in [0.15, 0.2) is 0 Å². The van der Waals surface area contributed by atoms with Gasteiger partial charge < -0.3 is 15.3 Å². The van der Waals surface area contributed by atoms with Gasteiger partial charge in [0.2, 0.25) is 0 Å². The molecule has 1 saturated heterocycles. The Kier molecular flexibility index (Phi) is 4.67. The summed E-state index contributed by atoms with van der Waals surface area (Å²) >= 11 is 0.413. The topological polar surface area (TPSA) is 69.6 Å². The van der Waals surface area contributed by atoms with E-state index >= 15 is 0 Å². The standard InChI is InChI=1S/C16H18F2N2O3S/c17-14(18)24-12-5-1-4-11(7-12)19-15(23)20-8-10-3-2-6-16(10,9-20)13(21)22/h1,4-5,7,10,14H,2-3,6,8-9H2,(H,19,23)(H,21,22)/t10-,16+/m0/s1. The van der Waals surface area contributed by atoms with E-state index in [-0.39, 0.29) is 18.5 Å². The number of thioether (sulfide) groups is 1. The molecule has 5 nitrogen and oxygen atoms in total. The Morgan fingerprint density at radius 1 is 1.42 bits per heavy atom. The van der Waals surface area contributed by atoms with E-state index in [9.17, 15) is 23.5 Å². The van der Waals surface area contributed by atoms with Crippen LogP contribution in [0, 0.1) is 11.3 Å². The average Bonchev–Trinajstić information content (AvgIpc) is 3.04. The van der Waals surface area contributed by atoms with Crippen LogP contribution in [0.5, 0.6) is 0 Å². The Hall–Kier alpha value is -1.83. The summed E-state index contributed by atoms with van der Waals surface area (Å²) in [7, 11) is 0. The van der Waals surface area contributed by atoms with Gasteiger partial charge in [0, 0.05) is 23.7 Å². The van der Waals surface area contributed by atoms with Crippen molar-refractivity contribution >= 4 is 29.4 Å². The molecule has 0 unspecified atom stereocenters. The van der Waals surface area contributed by atoms with Crippen LogP contribution in [0.15, 0.2) is 29.2 Å². The van der Waals surface area contributed by atoms with Crippen molar-refractivity contribution in [1.29, 1.82) is 0 Å². The lowest BCUT2D eigenvalue weighted by Gasteiger charge is -2.23. The van der Waals surface area contributed by atoms with Gasteiger partial charge in [-0.15, -0.1) is 0 Å². The van der Waals surface area contributed by atoms with Crippen LogP contribution < -0.4 is 5.32 Å². The number of hydrogen-bond donors (Lipinski definition) is 2. The van der Waals surface area contributed by atoms with E-state index in [4.69, 9.17) is 0 Å². The fourth-order valence-corrected chi connectivity index (χ4v) is 4.30. The first-order valence-corrected chi connectivity index (χ1v) is 8.63. The first-order chi connectivity index (χ1) is 11.4. The molecule has 2 aliphatic rings. The molecule has 130 valence electrons. The third-order valence-corrected chi connectivity index (χ3v) is 5.60. The Balaban J connectivity index is 1.67. The number of halogens is 2. The number of hydrogen-bond acceptors (Lipinski definition) is 3. The van der Waals surface area contributed by atoms with Crippen LogP contribution in [-0.2, 0) is 4.79 Å². The number of rotatable bonds is 4. The van der Waals surface area contributed by atoms with Gasteiger partial charge in [-0.1, -0.05) is 24.2 Å². The number of nitrogens with zero attached hydrogens (tertiary/aromatic N) is 1. The number of alkyl halides is 2. The number of carboxylic acid groups (broad SMARTS) is 1. The van der Waals surface area contributed by atoms with Crippen molar-refractivity contribution in [1.82, 2.24) is 4.90 Å². The van der Waals surface area contributed by atoms with Gasteiger partial charge in [0.25, 0.3) is 5.76 Å². The molecular formula is C16H18F2N2O3S. The molecule has 2 N–H and O–H groups in total. The van der Waals surface area contributed by atoms with Crippen LogP contribution in [0.1, 0.15) is 19.3 Å². The summed E-state index contributed by atoms with van der Waals surface area (Å²) in [5, 5.41) is 12.2. The van der Waals surface area contributed by atoms with Crippen molar-refractivity contribution < 1.29 is 23.5 Å². The van der Waals surface area contributed by atoms with Crippen molar-refractivity contribution in [3.8, 4) is 0 Å². The zero-order valence-corrected chi connectivity index (χ0v) is 13.7. The molecule has 1 aliphatic heterocycles. The van der Waals surface area contributed by atoms with E-state index in [1.807, 2.05) is 0 Å². The number of carbonyl (C=O) groups excluding carboxylic acids is 1. The van der Waals surface area contributed by atoms with E-state index < -0.39 is 17.1 Å². The number of amides is 2. The predicted octanol–water partition coefficient (Wildman–Crippen LogP) is 3.72. The average molecular weight is 356 g/mol. The molecule has 2 fully saturated rings. The maximum atomic E-state index is 12.4. The smallest absolute Gasteiger partial charge is 0.321 e. The summed E-state index contributed by atoms with van der Waals surface area (Å²) in [6, 6.07) is 5.86. The van der Waals surface area contributed by atoms with Crippen molar-refractivity contribution in [2.45, 2.75) is 29.9 Å². The van der Waals surface area contributed by atoms with Gasteiger partial charge in [-0.25, -0.2) is 4.79 Å². The molecule has 1 aliphatic carbocycles. The molecule has 0 aromatic heterocycles. The number of carbonyl (C=O) groups is 2.